The minimum Gasteiger partial charge on any atom is -0.493 e. The normalized spacial score (nSPS) is 18.4. The van der Waals surface area contributed by atoms with E-state index in [9.17, 15) is 20.0 Å². The molecule has 0 radical (unpaired) electrons. The standard InChI is InChI=1S/C17H19N3O4S/c21-15-14-11-25-17(8-2-1-3-9-17)19(14)16(22)18(15)10-12-4-6-13(7-5-12)20(23)24/h4-7,21H,1-3,8-11H2. The molecule has 0 bridgehead atoms. The highest BCUT2D eigenvalue weighted by atomic mass is 32.2. The van der Waals surface area contributed by atoms with Gasteiger partial charge < -0.3 is 5.11 Å². The van der Waals surface area contributed by atoms with Gasteiger partial charge >= 0.3 is 5.69 Å². The fraction of sp³-hybridized carbons (Fsp3) is 0.471. The Balaban J connectivity index is 1.69. The van der Waals surface area contributed by atoms with Crippen molar-refractivity contribution >= 4 is 17.4 Å². The molecule has 2 heterocycles. The largest absolute Gasteiger partial charge is 0.493 e. The summed E-state index contributed by atoms with van der Waals surface area (Å²) < 4.78 is 3.18. The molecule has 132 valence electrons. The van der Waals surface area contributed by atoms with Crippen molar-refractivity contribution in [3.05, 3.63) is 56.1 Å². The number of rotatable bonds is 3. The van der Waals surface area contributed by atoms with Crippen molar-refractivity contribution < 1.29 is 10.0 Å². The van der Waals surface area contributed by atoms with Gasteiger partial charge in [0.2, 0.25) is 5.88 Å². The number of nitrogens with zero attached hydrogens (tertiary/aromatic N) is 3. The number of hydrogen-bond acceptors (Lipinski definition) is 5. The third-order valence-corrected chi connectivity index (χ3v) is 6.76. The molecule has 7 nitrogen and oxygen atoms in total. The van der Waals surface area contributed by atoms with E-state index in [0.717, 1.165) is 31.2 Å². The zero-order valence-electron chi connectivity index (χ0n) is 13.7. The Bertz CT molecular complexity index is 879. The Kier molecular flexibility index (Phi) is 3.87. The first-order valence-electron chi connectivity index (χ1n) is 8.43. The molecule has 4 rings (SSSR count). The monoisotopic (exact) mass is 361 g/mol. The molecule has 8 heteroatoms. The van der Waals surface area contributed by atoms with Crippen LogP contribution in [0.25, 0.3) is 0 Å². The fourth-order valence-corrected chi connectivity index (χ4v) is 5.48. The van der Waals surface area contributed by atoms with Crippen molar-refractivity contribution in [1.29, 1.82) is 0 Å². The topological polar surface area (TPSA) is 90.3 Å². The van der Waals surface area contributed by atoms with E-state index in [0.29, 0.717) is 11.4 Å². The molecule has 1 spiro atoms. The minimum atomic E-state index is -0.454. The summed E-state index contributed by atoms with van der Waals surface area (Å²) in [5.74, 6) is 0.673. The van der Waals surface area contributed by atoms with Gasteiger partial charge in [0.1, 0.15) is 0 Å². The van der Waals surface area contributed by atoms with E-state index in [1.54, 1.807) is 28.5 Å². The zero-order valence-corrected chi connectivity index (χ0v) is 14.5. The van der Waals surface area contributed by atoms with Gasteiger partial charge in [-0.25, -0.2) is 4.79 Å². The number of imidazole rings is 1. The van der Waals surface area contributed by atoms with Gasteiger partial charge in [-0.3, -0.25) is 19.2 Å². The number of benzene rings is 1. The lowest BCUT2D eigenvalue weighted by molar-refractivity contribution is -0.384. The summed E-state index contributed by atoms with van der Waals surface area (Å²) in [4.78, 5) is 23.1. The van der Waals surface area contributed by atoms with Crippen LogP contribution >= 0.6 is 11.8 Å². The molecule has 1 fully saturated rings. The second-order valence-electron chi connectivity index (χ2n) is 6.69. The van der Waals surface area contributed by atoms with E-state index < -0.39 is 4.92 Å². The smallest absolute Gasteiger partial charge is 0.332 e. The van der Waals surface area contributed by atoms with Crippen LogP contribution in [0.3, 0.4) is 0 Å². The van der Waals surface area contributed by atoms with Gasteiger partial charge in [-0.2, -0.15) is 0 Å². The fourth-order valence-electron chi connectivity index (χ4n) is 3.92. The van der Waals surface area contributed by atoms with Crippen molar-refractivity contribution in [1.82, 2.24) is 9.13 Å². The zero-order chi connectivity index (χ0) is 17.6. The van der Waals surface area contributed by atoms with Crippen molar-refractivity contribution in [3.8, 4) is 5.88 Å². The van der Waals surface area contributed by atoms with E-state index in [-0.39, 0.29) is 28.7 Å². The van der Waals surface area contributed by atoms with Crippen LogP contribution in [0.1, 0.15) is 43.4 Å². The molecule has 0 atom stereocenters. The number of nitro benzene ring substituents is 1. The lowest BCUT2D eigenvalue weighted by Gasteiger charge is -2.33. The Morgan fingerprint density at radius 3 is 2.52 bits per heavy atom. The van der Waals surface area contributed by atoms with Crippen LogP contribution in [-0.4, -0.2) is 19.2 Å². The number of nitro groups is 1. The van der Waals surface area contributed by atoms with Crippen LogP contribution in [0.5, 0.6) is 5.88 Å². The summed E-state index contributed by atoms with van der Waals surface area (Å²) >= 11 is 1.76. The van der Waals surface area contributed by atoms with Gasteiger partial charge in [-0.05, 0) is 18.4 Å². The molecular weight excluding hydrogens is 342 g/mol. The average Bonchev–Trinajstić information content (AvgIpc) is 3.08. The Labute approximate surface area is 148 Å². The molecule has 1 N–H and O–H groups in total. The quantitative estimate of drug-likeness (QED) is 0.670. The van der Waals surface area contributed by atoms with Crippen LogP contribution in [0.2, 0.25) is 0 Å². The molecule has 1 aliphatic carbocycles. The molecule has 1 aliphatic heterocycles. The minimum absolute atomic E-state index is 0.0113. The van der Waals surface area contributed by atoms with Crippen LogP contribution in [-0.2, 0) is 17.2 Å². The molecule has 1 aromatic heterocycles. The van der Waals surface area contributed by atoms with E-state index in [2.05, 4.69) is 0 Å². The number of fused-ring (bicyclic) bond motifs is 2. The van der Waals surface area contributed by atoms with Gasteiger partial charge in [-0.1, -0.05) is 31.4 Å². The van der Waals surface area contributed by atoms with Gasteiger partial charge in [0.25, 0.3) is 5.69 Å². The highest BCUT2D eigenvalue weighted by Crippen LogP contribution is 2.51. The number of non-ortho nitro benzene ring substituents is 1. The maximum atomic E-state index is 13.0. The van der Waals surface area contributed by atoms with Gasteiger partial charge in [0.15, 0.2) is 0 Å². The molecular formula is C17H19N3O4S. The summed E-state index contributed by atoms with van der Waals surface area (Å²) in [6.07, 6.45) is 5.33. The summed E-state index contributed by atoms with van der Waals surface area (Å²) in [5, 5.41) is 21.3. The molecule has 0 saturated heterocycles. The maximum absolute atomic E-state index is 13.0. The number of hydrogen-bond donors (Lipinski definition) is 1. The predicted molar refractivity (Wildman–Crippen MR) is 94.9 cm³/mol. The molecule has 2 aromatic rings. The molecule has 2 aliphatic rings. The summed E-state index contributed by atoms with van der Waals surface area (Å²) in [5.41, 5.74) is 1.28. The highest BCUT2D eigenvalue weighted by Gasteiger charge is 2.44. The highest BCUT2D eigenvalue weighted by molar-refractivity contribution is 7.99. The van der Waals surface area contributed by atoms with E-state index >= 15 is 0 Å². The lowest BCUT2D eigenvalue weighted by atomic mass is 9.94. The van der Waals surface area contributed by atoms with Crippen LogP contribution in [0.15, 0.2) is 29.1 Å². The second kappa shape index (κ2) is 5.94. The molecule has 1 saturated carbocycles. The van der Waals surface area contributed by atoms with Crippen molar-refractivity contribution in [3.63, 3.8) is 0 Å². The molecule has 25 heavy (non-hydrogen) atoms. The van der Waals surface area contributed by atoms with E-state index in [4.69, 9.17) is 0 Å². The average molecular weight is 361 g/mol. The summed E-state index contributed by atoms with van der Waals surface area (Å²) in [6.45, 7) is 0.212. The van der Waals surface area contributed by atoms with Crippen LogP contribution < -0.4 is 5.69 Å². The number of aromatic nitrogens is 2. The van der Waals surface area contributed by atoms with Gasteiger partial charge in [0.05, 0.1) is 22.0 Å². The number of thioether (sulfide) groups is 1. The van der Waals surface area contributed by atoms with Gasteiger partial charge in [-0.15, -0.1) is 11.8 Å². The predicted octanol–water partition coefficient (Wildman–Crippen LogP) is 3.18. The second-order valence-corrected chi connectivity index (χ2v) is 8.03. The first-order valence-corrected chi connectivity index (χ1v) is 9.41. The molecule has 0 unspecified atom stereocenters. The summed E-state index contributed by atoms with van der Waals surface area (Å²) in [6, 6.07) is 6.08. The van der Waals surface area contributed by atoms with Crippen molar-refractivity contribution in [2.45, 2.75) is 49.3 Å². The first-order chi connectivity index (χ1) is 12.0. The third-order valence-electron chi connectivity index (χ3n) is 5.21. The SMILES string of the molecule is O=c1n(Cc2ccc([N+](=O)[O-])cc2)c(O)c2n1C1(CCCCC1)SC2. The van der Waals surface area contributed by atoms with E-state index in [1.807, 2.05) is 0 Å². The molecule has 1 aromatic carbocycles. The first kappa shape index (κ1) is 16.3. The van der Waals surface area contributed by atoms with E-state index in [1.165, 1.54) is 23.1 Å². The van der Waals surface area contributed by atoms with Crippen LogP contribution in [0.4, 0.5) is 5.69 Å². The van der Waals surface area contributed by atoms with Crippen LogP contribution in [0, 0.1) is 10.1 Å². The third kappa shape index (κ3) is 2.55. The Morgan fingerprint density at radius 2 is 1.88 bits per heavy atom. The Morgan fingerprint density at radius 1 is 1.20 bits per heavy atom. The van der Waals surface area contributed by atoms with Crippen molar-refractivity contribution in [2.75, 3.05) is 0 Å². The van der Waals surface area contributed by atoms with Gasteiger partial charge in [0, 0.05) is 17.9 Å². The maximum Gasteiger partial charge on any atom is 0.332 e. The summed E-state index contributed by atoms with van der Waals surface area (Å²) in [7, 11) is 0. The Hall–Kier alpha value is -2.22. The lowest BCUT2D eigenvalue weighted by Crippen LogP contribution is -2.38. The molecule has 0 amide bonds. The van der Waals surface area contributed by atoms with Crippen molar-refractivity contribution in [2.24, 2.45) is 0 Å². The number of aromatic hydroxyl groups is 1.